The third kappa shape index (κ3) is 4.60. The number of carbonyl (C=O) groups excluding carboxylic acids is 3. The first-order valence-corrected chi connectivity index (χ1v) is 10.7. The van der Waals surface area contributed by atoms with Crippen LogP contribution in [0.1, 0.15) is 46.4 Å². The highest BCUT2D eigenvalue weighted by molar-refractivity contribution is 6.35. The molecule has 0 aromatic heterocycles. The smallest absolute Gasteiger partial charge is 0.256 e. The summed E-state index contributed by atoms with van der Waals surface area (Å²) in [6, 6.07) is 11.1. The number of benzene rings is 2. The maximum Gasteiger partial charge on any atom is 0.256 e. The molecular formula is C22H21Cl2N3O3. The molecule has 6 nitrogen and oxygen atoms in total. The Morgan fingerprint density at radius 3 is 2.57 bits per heavy atom. The number of amides is 3. The zero-order chi connectivity index (χ0) is 21.3. The van der Waals surface area contributed by atoms with Crippen LogP contribution in [-0.4, -0.2) is 41.2 Å². The fraction of sp³-hybridized carbons (Fsp3) is 0.318. The quantitative estimate of drug-likeness (QED) is 0.725. The van der Waals surface area contributed by atoms with Crippen molar-refractivity contribution in [3.05, 3.63) is 63.6 Å². The van der Waals surface area contributed by atoms with Crippen molar-refractivity contribution in [2.45, 2.75) is 37.8 Å². The topological polar surface area (TPSA) is 78.5 Å². The number of hydrogen-bond donors (Lipinski definition) is 2. The zero-order valence-corrected chi connectivity index (χ0v) is 17.7. The van der Waals surface area contributed by atoms with Crippen LogP contribution in [0.5, 0.6) is 0 Å². The molecule has 2 aromatic carbocycles. The number of nitrogens with one attached hydrogen (secondary N) is 2. The van der Waals surface area contributed by atoms with Crippen LogP contribution in [0, 0.1) is 0 Å². The van der Waals surface area contributed by atoms with Gasteiger partial charge in [-0.3, -0.25) is 14.4 Å². The number of nitrogens with zero attached hydrogens (tertiary/aromatic N) is 1. The highest BCUT2D eigenvalue weighted by atomic mass is 35.5. The van der Waals surface area contributed by atoms with Gasteiger partial charge in [0, 0.05) is 28.9 Å². The molecule has 2 fully saturated rings. The molecule has 2 N–H and O–H groups in total. The molecule has 3 amide bonds. The van der Waals surface area contributed by atoms with Gasteiger partial charge in [-0.25, -0.2) is 0 Å². The van der Waals surface area contributed by atoms with E-state index in [1.165, 1.54) is 11.0 Å². The minimum absolute atomic E-state index is 0.151. The Kier molecular flexibility index (Phi) is 5.97. The highest BCUT2D eigenvalue weighted by Crippen LogP contribution is 2.27. The van der Waals surface area contributed by atoms with E-state index in [9.17, 15) is 14.4 Å². The minimum Gasteiger partial charge on any atom is -0.349 e. The molecule has 1 heterocycles. The average Bonchev–Trinajstić information content (AvgIpc) is 3.40. The largest absolute Gasteiger partial charge is 0.349 e. The molecule has 1 saturated carbocycles. The summed E-state index contributed by atoms with van der Waals surface area (Å²) in [4.78, 5) is 39.7. The molecule has 1 saturated heterocycles. The highest BCUT2D eigenvalue weighted by Gasteiger charge is 2.35. The van der Waals surface area contributed by atoms with Crippen molar-refractivity contribution < 1.29 is 14.4 Å². The van der Waals surface area contributed by atoms with Crippen LogP contribution in [0.4, 0.5) is 5.69 Å². The third-order valence-corrected chi connectivity index (χ3v) is 5.84. The summed E-state index contributed by atoms with van der Waals surface area (Å²) in [7, 11) is 0. The third-order valence-electron chi connectivity index (χ3n) is 5.28. The van der Waals surface area contributed by atoms with E-state index in [0.29, 0.717) is 40.7 Å². The van der Waals surface area contributed by atoms with Crippen LogP contribution in [0.2, 0.25) is 10.0 Å². The summed E-state index contributed by atoms with van der Waals surface area (Å²) >= 11 is 12.2. The van der Waals surface area contributed by atoms with Crippen molar-refractivity contribution in [2.75, 3.05) is 11.9 Å². The summed E-state index contributed by atoms with van der Waals surface area (Å²) in [6.07, 6.45) is 3.28. The molecule has 30 heavy (non-hydrogen) atoms. The molecule has 0 bridgehead atoms. The Morgan fingerprint density at radius 1 is 1.00 bits per heavy atom. The van der Waals surface area contributed by atoms with Crippen molar-refractivity contribution in [1.82, 2.24) is 10.2 Å². The molecule has 2 aliphatic rings. The lowest BCUT2D eigenvalue weighted by Crippen LogP contribution is -2.43. The molecule has 0 spiro atoms. The van der Waals surface area contributed by atoms with E-state index in [1.54, 1.807) is 36.4 Å². The monoisotopic (exact) mass is 445 g/mol. The minimum atomic E-state index is -0.614. The second-order valence-corrected chi connectivity index (χ2v) is 8.44. The van der Waals surface area contributed by atoms with Crippen LogP contribution in [-0.2, 0) is 4.79 Å². The number of halogens is 2. The van der Waals surface area contributed by atoms with Gasteiger partial charge in [-0.1, -0.05) is 29.3 Å². The summed E-state index contributed by atoms with van der Waals surface area (Å²) in [5, 5.41) is 6.47. The van der Waals surface area contributed by atoms with E-state index in [-0.39, 0.29) is 29.3 Å². The van der Waals surface area contributed by atoms with E-state index >= 15 is 0 Å². The van der Waals surface area contributed by atoms with Gasteiger partial charge in [0.2, 0.25) is 5.91 Å². The van der Waals surface area contributed by atoms with Crippen LogP contribution >= 0.6 is 23.2 Å². The number of rotatable bonds is 5. The Labute approximate surface area is 184 Å². The lowest BCUT2D eigenvalue weighted by molar-refractivity contribution is -0.119. The van der Waals surface area contributed by atoms with E-state index in [4.69, 9.17) is 23.2 Å². The van der Waals surface area contributed by atoms with Gasteiger partial charge in [-0.2, -0.15) is 0 Å². The predicted octanol–water partition coefficient (Wildman–Crippen LogP) is 4.13. The number of carbonyl (C=O) groups is 3. The van der Waals surface area contributed by atoms with E-state index in [1.807, 2.05) is 0 Å². The first-order chi connectivity index (χ1) is 14.4. The first-order valence-electron chi connectivity index (χ1n) is 9.90. The van der Waals surface area contributed by atoms with Crippen molar-refractivity contribution in [2.24, 2.45) is 0 Å². The molecule has 0 radical (unpaired) electrons. The molecule has 1 aliphatic heterocycles. The van der Waals surface area contributed by atoms with Gasteiger partial charge in [0.1, 0.15) is 6.04 Å². The van der Waals surface area contributed by atoms with Crippen molar-refractivity contribution in [3.8, 4) is 0 Å². The van der Waals surface area contributed by atoms with Gasteiger partial charge in [0.15, 0.2) is 0 Å². The van der Waals surface area contributed by atoms with Crippen LogP contribution < -0.4 is 10.6 Å². The van der Waals surface area contributed by atoms with E-state index in [2.05, 4.69) is 10.6 Å². The molecule has 4 rings (SSSR count). The molecule has 8 heteroatoms. The van der Waals surface area contributed by atoms with Crippen molar-refractivity contribution in [1.29, 1.82) is 0 Å². The normalized spacial score (nSPS) is 18.2. The second kappa shape index (κ2) is 8.66. The lowest BCUT2D eigenvalue weighted by Gasteiger charge is -2.24. The maximum atomic E-state index is 13.0. The Morgan fingerprint density at radius 2 is 1.80 bits per heavy atom. The standard InChI is InChI=1S/C22H21Cl2N3O3/c23-14-6-9-18(24)17(12-14)22(30)27-10-2-5-19(27)21(29)26-16-4-1-3-13(11-16)20(28)25-15-7-8-15/h1,3-4,6,9,11-12,15,19H,2,5,7-8,10H2,(H,25,28)(H,26,29). The Bertz CT molecular complexity index is 1010. The zero-order valence-electron chi connectivity index (χ0n) is 16.2. The number of likely N-dealkylation sites (tertiary alicyclic amines) is 1. The van der Waals surface area contributed by atoms with Crippen molar-refractivity contribution >= 4 is 46.6 Å². The van der Waals surface area contributed by atoms with Gasteiger partial charge < -0.3 is 15.5 Å². The molecule has 156 valence electrons. The molecule has 1 unspecified atom stereocenters. The lowest BCUT2D eigenvalue weighted by atomic mass is 10.1. The Balaban J connectivity index is 1.47. The molecule has 1 aliphatic carbocycles. The summed E-state index contributed by atoms with van der Waals surface area (Å²) in [6.45, 7) is 0.462. The first kappa shape index (κ1) is 20.7. The van der Waals surface area contributed by atoms with E-state index in [0.717, 1.165) is 12.8 Å². The van der Waals surface area contributed by atoms with E-state index < -0.39 is 6.04 Å². The van der Waals surface area contributed by atoms with Crippen LogP contribution in [0.15, 0.2) is 42.5 Å². The van der Waals surface area contributed by atoms with Crippen LogP contribution in [0.3, 0.4) is 0 Å². The van der Waals surface area contributed by atoms with Crippen LogP contribution in [0.25, 0.3) is 0 Å². The fourth-order valence-corrected chi connectivity index (χ4v) is 3.93. The molecular weight excluding hydrogens is 425 g/mol. The second-order valence-electron chi connectivity index (χ2n) is 7.60. The van der Waals surface area contributed by atoms with Gasteiger partial charge in [0.05, 0.1) is 10.6 Å². The van der Waals surface area contributed by atoms with Gasteiger partial charge in [-0.05, 0) is 62.1 Å². The number of hydrogen-bond acceptors (Lipinski definition) is 3. The van der Waals surface area contributed by atoms with Gasteiger partial charge in [0.25, 0.3) is 11.8 Å². The summed E-state index contributed by atoms with van der Waals surface area (Å²) in [5.74, 6) is -0.765. The summed E-state index contributed by atoms with van der Waals surface area (Å²) in [5.41, 5.74) is 1.29. The van der Waals surface area contributed by atoms with Crippen molar-refractivity contribution in [3.63, 3.8) is 0 Å². The summed E-state index contributed by atoms with van der Waals surface area (Å²) < 4.78 is 0. The Hall–Kier alpha value is -2.57. The van der Waals surface area contributed by atoms with Gasteiger partial charge >= 0.3 is 0 Å². The fourth-order valence-electron chi connectivity index (χ4n) is 3.56. The molecule has 1 atom stereocenters. The predicted molar refractivity (Wildman–Crippen MR) is 116 cm³/mol. The number of anilines is 1. The van der Waals surface area contributed by atoms with Gasteiger partial charge in [-0.15, -0.1) is 0 Å². The SMILES string of the molecule is O=C(NC1CC1)c1cccc(NC(=O)C2CCCN2C(=O)c2cc(Cl)ccc2Cl)c1. The maximum absolute atomic E-state index is 13.0. The average molecular weight is 446 g/mol. The molecule has 2 aromatic rings.